The molecule has 0 radical (unpaired) electrons. The Hall–Kier alpha value is -1.32. The first-order chi connectivity index (χ1) is 14.7. The SMILES string of the molecule is CCCC/C=C/CCCOC(=O)CCC(=O)OCCCCCCCCCCCCC. The van der Waals surface area contributed by atoms with E-state index in [0.29, 0.717) is 13.2 Å². The largest absolute Gasteiger partial charge is 0.466 e. The third kappa shape index (κ3) is 23.0. The van der Waals surface area contributed by atoms with Gasteiger partial charge in [-0.3, -0.25) is 9.59 Å². The van der Waals surface area contributed by atoms with E-state index < -0.39 is 0 Å². The van der Waals surface area contributed by atoms with Gasteiger partial charge in [-0.2, -0.15) is 0 Å². The average molecular weight is 425 g/mol. The normalized spacial score (nSPS) is 11.1. The van der Waals surface area contributed by atoms with Crippen LogP contribution < -0.4 is 0 Å². The lowest BCUT2D eigenvalue weighted by Crippen LogP contribution is -2.11. The van der Waals surface area contributed by atoms with Crippen molar-refractivity contribution in [3.63, 3.8) is 0 Å². The Balaban J connectivity index is 3.34. The van der Waals surface area contributed by atoms with Crippen LogP contribution in [-0.4, -0.2) is 25.2 Å². The predicted octanol–water partition coefficient (Wildman–Crippen LogP) is 7.69. The highest BCUT2D eigenvalue weighted by atomic mass is 16.5. The molecule has 4 nitrogen and oxygen atoms in total. The average Bonchev–Trinajstić information content (AvgIpc) is 2.75. The number of allylic oxidation sites excluding steroid dienone is 2. The second-order valence-corrected chi connectivity index (χ2v) is 8.23. The molecule has 0 aromatic carbocycles. The molecule has 0 spiro atoms. The summed E-state index contributed by atoms with van der Waals surface area (Å²) in [4.78, 5) is 23.3. The topological polar surface area (TPSA) is 52.6 Å². The van der Waals surface area contributed by atoms with E-state index in [1.165, 1.54) is 70.6 Å². The molecule has 0 saturated carbocycles. The standard InChI is InChI=1S/C26H48O4/c1-3-5-7-9-11-12-13-14-16-18-20-24-30-26(28)22-21-25(27)29-23-19-17-15-10-8-6-4-2/h10,15H,3-9,11-14,16-24H2,1-2H3/b15-10+. The molecule has 176 valence electrons. The number of hydrogen-bond acceptors (Lipinski definition) is 4. The van der Waals surface area contributed by atoms with E-state index in [0.717, 1.165) is 32.1 Å². The first-order valence-electron chi connectivity index (χ1n) is 12.7. The molecule has 0 aromatic rings. The van der Waals surface area contributed by atoms with Crippen molar-refractivity contribution in [2.45, 2.75) is 129 Å². The van der Waals surface area contributed by atoms with Crippen LogP contribution in [0.15, 0.2) is 12.2 Å². The summed E-state index contributed by atoms with van der Waals surface area (Å²) in [5, 5.41) is 0. The van der Waals surface area contributed by atoms with Gasteiger partial charge in [0, 0.05) is 0 Å². The molecule has 0 saturated heterocycles. The van der Waals surface area contributed by atoms with Crippen molar-refractivity contribution in [1.29, 1.82) is 0 Å². The van der Waals surface area contributed by atoms with Gasteiger partial charge in [-0.15, -0.1) is 0 Å². The van der Waals surface area contributed by atoms with Gasteiger partial charge >= 0.3 is 11.9 Å². The fraction of sp³-hybridized carbons (Fsp3) is 0.846. The first-order valence-corrected chi connectivity index (χ1v) is 12.7. The summed E-state index contributed by atoms with van der Waals surface area (Å²) in [6.45, 7) is 5.32. The fourth-order valence-corrected chi connectivity index (χ4v) is 3.25. The van der Waals surface area contributed by atoms with Gasteiger partial charge in [0.2, 0.25) is 0 Å². The number of carbonyl (C=O) groups is 2. The van der Waals surface area contributed by atoms with Crippen molar-refractivity contribution >= 4 is 11.9 Å². The minimum absolute atomic E-state index is 0.115. The Labute approximate surface area is 186 Å². The molecule has 0 aliphatic rings. The van der Waals surface area contributed by atoms with Crippen LogP contribution >= 0.6 is 0 Å². The van der Waals surface area contributed by atoms with Gasteiger partial charge in [0.05, 0.1) is 26.1 Å². The van der Waals surface area contributed by atoms with E-state index in [-0.39, 0.29) is 24.8 Å². The minimum atomic E-state index is -0.309. The van der Waals surface area contributed by atoms with E-state index >= 15 is 0 Å². The Morgan fingerprint density at radius 3 is 1.43 bits per heavy atom. The number of esters is 2. The predicted molar refractivity (Wildman–Crippen MR) is 126 cm³/mol. The molecule has 0 amide bonds. The molecule has 0 aliphatic carbocycles. The maximum atomic E-state index is 11.7. The minimum Gasteiger partial charge on any atom is -0.466 e. The molecular weight excluding hydrogens is 376 g/mol. The maximum absolute atomic E-state index is 11.7. The summed E-state index contributed by atoms with van der Waals surface area (Å²) in [7, 11) is 0. The molecule has 0 heterocycles. The van der Waals surface area contributed by atoms with Gasteiger partial charge in [0.25, 0.3) is 0 Å². The quantitative estimate of drug-likeness (QED) is 0.101. The van der Waals surface area contributed by atoms with Crippen molar-refractivity contribution in [2.24, 2.45) is 0 Å². The zero-order valence-electron chi connectivity index (χ0n) is 19.9. The lowest BCUT2D eigenvalue weighted by Gasteiger charge is -2.06. The van der Waals surface area contributed by atoms with E-state index in [1.807, 2.05) is 0 Å². The molecule has 0 unspecified atom stereocenters. The van der Waals surface area contributed by atoms with Gasteiger partial charge in [-0.25, -0.2) is 0 Å². The lowest BCUT2D eigenvalue weighted by molar-refractivity contribution is -0.150. The highest BCUT2D eigenvalue weighted by molar-refractivity contribution is 5.77. The third-order valence-corrected chi connectivity index (χ3v) is 5.21. The zero-order valence-corrected chi connectivity index (χ0v) is 19.9. The lowest BCUT2D eigenvalue weighted by atomic mass is 10.1. The fourth-order valence-electron chi connectivity index (χ4n) is 3.25. The highest BCUT2D eigenvalue weighted by Gasteiger charge is 2.08. The van der Waals surface area contributed by atoms with Crippen LogP contribution in [0.1, 0.15) is 129 Å². The van der Waals surface area contributed by atoms with Crippen molar-refractivity contribution in [2.75, 3.05) is 13.2 Å². The number of carbonyl (C=O) groups excluding carboxylic acids is 2. The summed E-state index contributed by atoms with van der Waals surface area (Å²) in [6, 6.07) is 0. The van der Waals surface area contributed by atoms with E-state index in [9.17, 15) is 9.59 Å². The Morgan fingerprint density at radius 1 is 0.533 bits per heavy atom. The van der Waals surface area contributed by atoms with Crippen LogP contribution in [0.2, 0.25) is 0 Å². The summed E-state index contributed by atoms with van der Waals surface area (Å²) in [5.41, 5.74) is 0. The van der Waals surface area contributed by atoms with Crippen LogP contribution in [-0.2, 0) is 19.1 Å². The maximum Gasteiger partial charge on any atom is 0.306 e. The van der Waals surface area contributed by atoms with Gasteiger partial charge in [0.15, 0.2) is 0 Å². The number of rotatable bonds is 22. The number of ether oxygens (including phenoxy) is 2. The van der Waals surface area contributed by atoms with E-state index in [4.69, 9.17) is 9.47 Å². The molecule has 0 N–H and O–H groups in total. The highest BCUT2D eigenvalue weighted by Crippen LogP contribution is 2.11. The van der Waals surface area contributed by atoms with Gasteiger partial charge in [-0.05, 0) is 25.7 Å². The number of hydrogen-bond donors (Lipinski definition) is 0. The molecular formula is C26H48O4. The molecule has 0 aromatic heterocycles. The monoisotopic (exact) mass is 424 g/mol. The summed E-state index contributed by atoms with van der Waals surface area (Å²) in [6.07, 6.45) is 23.9. The smallest absolute Gasteiger partial charge is 0.306 e. The molecule has 4 heteroatoms. The van der Waals surface area contributed by atoms with Gasteiger partial charge in [0.1, 0.15) is 0 Å². The summed E-state index contributed by atoms with van der Waals surface area (Å²) >= 11 is 0. The van der Waals surface area contributed by atoms with Crippen molar-refractivity contribution in [1.82, 2.24) is 0 Å². The first kappa shape index (κ1) is 28.7. The van der Waals surface area contributed by atoms with Crippen LogP contribution in [0.25, 0.3) is 0 Å². The summed E-state index contributed by atoms with van der Waals surface area (Å²) < 4.78 is 10.4. The summed E-state index contributed by atoms with van der Waals surface area (Å²) in [5.74, 6) is -0.602. The van der Waals surface area contributed by atoms with Crippen molar-refractivity contribution in [3.8, 4) is 0 Å². The van der Waals surface area contributed by atoms with Crippen LogP contribution in [0.4, 0.5) is 0 Å². The molecule has 0 aliphatic heterocycles. The second-order valence-electron chi connectivity index (χ2n) is 8.23. The Bertz CT molecular complexity index is 417. The third-order valence-electron chi connectivity index (χ3n) is 5.21. The van der Waals surface area contributed by atoms with Crippen molar-refractivity contribution < 1.29 is 19.1 Å². The molecule has 0 bridgehead atoms. The number of unbranched alkanes of at least 4 members (excludes halogenated alkanes) is 13. The molecule has 0 fully saturated rings. The van der Waals surface area contributed by atoms with Crippen LogP contribution in [0, 0.1) is 0 Å². The Kier molecular flexibility index (Phi) is 22.9. The molecule has 0 atom stereocenters. The van der Waals surface area contributed by atoms with Gasteiger partial charge < -0.3 is 9.47 Å². The second kappa shape index (κ2) is 24.0. The Morgan fingerprint density at radius 2 is 0.933 bits per heavy atom. The molecule has 30 heavy (non-hydrogen) atoms. The van der Waals surface area contributed by atoms with Crippen LogP contribution in [0.5, 0.6) is 0 Å². The zero-order chi connectivity index (χ0) is 22.1. The van der Waals surface area contributed by atoms with E-state index in [1.54, 1.807) is 0 Å². The van der Waals surface area contributed by atoms with Gasteiger partial charge in [-0.1, -0.05) is 103 Å². The molecule has 0 rings (SSSR count). The van der Waals surface area contributed by atoms with E-state index in [2.05, 4.69) is 26.0 Å². The van der Waals surface area contributed by atoms with Crippen LogP contribution in [0.3, 0.4) is 0 Å². The van der Waals surface area contributed by atoms with Crippen molar-refractivity contribution in [3.05, 3.63) is 12.2 Å².